The first-order valence-electron chi connectivity index (χ1n) is 9.99. The van der Waals surface area contributed by atoms with Crippen LogP contribution in [0.5, 0.6) is 0 Å². The van der Waals surface area contributed by atoms with Crippen LogP contribution in [0.15, 0.2) is 30.3 Å². The molecule has 0 saturated heterocycles. The van der Waals surface area contributed by atoms with E-state index in [1.165, 1.54) is 11.1 Å². The first-order valence-corrected chi connectivity index (χ1v) is 9.99. The number of aromatic nitrogens is 2. The lowest BCUT2D eigenvalue weighted by Crippen LogP contribution is -2.45. The van der Waals surface area contributed by atoms with Crippen molar-refractivity contribution in [1.29, 1.82) is 0 Å². The summed E-state index contributed by atoms with van der Waals surface area (Å²) in [5, 5.41) is 7.59. The second-order valence-corrected chi connectivity index (χ2v) is 7.14. The van der Waals surface area contributed by atoms with Crippen LogP contribution >= 0.6 is 0 Å². The molecule has 0 bridgehead atoms. The average Bonchev–Trinajstić information content (AvgIpc) is 2.91. The molecule has 1 amide bonds. The Morgan fingerprint density at radius 3 is 2.41 bits per heavy atom. The lowest BCUT2D eigenvalue weighted by atomic mass is 10.0. The van der Waals surface area contributed by atoms with Crippen molar-refractivity contribution in [3.05, 3.63) is 52.8 Å². The molecule has 0 aliphatic heterocycles. The maximum atomic E-state index is 12.4. The molecule has 0 aliphatic rings. The van der Waals surface area contributed by atoms with Gasteiger partial charge in [0.05, 0.1) is 5.69 Å². The number of nitrogens with one attached hydrogen (secondary N) is 1. The van der Waals surface area contributed by atoms with Crippen LogP contribution in [0, 0.1) is 13.8 Å². The second kappa shape index (κ2) is 10.3. The van der Waals surface area contributed by atoms with Crippen LogP contribution in [-0.2, 0) is 24.7 Å². The van der Waals surface area contributed by atoms with Crippen LogP contribution in [0.25, 0.3) is 0 Å². The molecule has 2 rings (SSSR count). The highest BCUT2D eigenvalue weighted by Gasteiger charge is 2.18. The van der Waals surface area contributed by atoms with Crippen LogP contribution in [-0.4, -0.2) is 46.3 Å². The standard InChI is InChI=1S/C22H34N4O/c1-6-26(7-2)20(15-19-11-9-8-10-12-19)16-23-22(27)14-13-21-17(3)24-25(5)18(21)4/h8-12,20H,6-7,13-16H2,1-5H3,(H,23,27). The van der Waals surface area contributed by atoms with E-state index in [2.05, 4.69) is 60.4 Å². The monoisotopic (exact) mass is 370 g/mol. The number of likely N-dealkylation sites (N-methyl/N-ethyl adjacent to an activating group) is 1. The fraction of sp³-hybridized carbons (Fsp3) is 0.545. The number of hydrogen-bond acceptors (Lipinski definition) is 3. The number of aryl methyl sites for hydroxylation is 2. The quantitative estimate of drug-likeness (QED) is 0.699. The van der Waals surface area contributed by atoms with Crippen molar-refractivity contribution in [2.24, 2.45) is 7.05 Å². The Kier molecular flexibility index (Phi) is 8.04. The van der Waals surface area contributed by atoms with Crippen molar-refractivity contribution in [2.45, 2.75) is 53.0 Å². The Balaban J connectivity index is 1.92. The smallest absolute Gasteiger partial charge is 0.220 e. The van der Waals surface area contributed by atoms with E-state index in [1.807, 2.05) is 24.7 Å². The molecule has 0 fully saturated rings. The lowest BCUT2D eigenvalue weighted by Gasteiger charge is -2.30. The highest BCUT2D eigenvalue weighted by Crippen LogP contribution is 2.14. The van der Waals surface area contributed by atoms with E-state index in [0.29, 0.717) is 19.0 Å². The van der Waals surface area contributed by atoms with Gasteiger partial charge in [-0.05, 0) is 50.9 Å². The maximum Gasteiger partial charge on any atom is 0.220 e. The summed E-state index contributed by atoms with van der Waals surface area (Å²) < 4.78 is 1.89. The minimum Gasteiger partial charge on any atom is -0.355 e. The first kappa shape index (κ1) is 21.2. The van der Waals surface area contributed by atoms with Crippen LogP contribution in [0.1, 0.15) is 42.8 Å². The van der Waals surface area contributed by atoms with Crippen molar-refractivity contribution in [2.75, 3.05) is 19.6 Å². The van der Waals surface area contributed by atoms with Gasteiger partial charge in [0.2, 0.25) is 5.91 Å². The highest BCUT2D eigenvalue weighted by molar-refractivity contribution is 5.76. The van der Waals surface area contributed by atoms with Gasteiger partial charge in [-0.2, -0.15) is 5.10 Å². The number of nitrogens with zero attached hydrogens (tertiary/aromatic N) is 3. The molecule has 1 heterocycles. The van der Waals surface area contributed by atoms with E-state index in [9.17, 15) is 4.79 Å². The zero-order valence-corrected chi connectivity index (χ0v) is 17.5. The van der Waals surface area contributed by atoms with Gasteiger partial charge in [-0.15, -0.1) is 0 Å². The topological polar surface area (TPSA) is 50.2 Å². The Hall–Kier alpha value is -2.14. The number of amides is 1. The van der Waals surface area contributed by atoms with E-state index in [4.69, 9.17) is 0 Å². The van der Waals surface area contributed by atoms with Gasteiger partial charge in [-0.25, -0.2) is 0 Å². The third-order valence-corrected chi connectivity index (χ3v) is 5.44. The SMILES string of the molecule is CCN(CC)C(CNC(=O)CCc1c(C)nn(C)c1C)Cc1ccccc1. The van der Waals surface area contributed by atoms with Crippen molar-refractivity contribution in [1.82, 2.24) is 20.0 Å². The first-order chi connectivity index (χ1) is 13.0. The van der Waals surface area contributed by atoms with E-state index < -0.39 is 0 Å². The van der Waals surface area contributed by atoms with Gasteiger partial charge in [0, 0.05) is 31.7 Å². The summed E-state index contributed by atoms with van der Waals surface area (Å²) in [6.07, 6.45) is 2.19. The van der Waals surface area contributed by atoms with Gasteiger partial charge in [-0.3, -0.25) is 14.4 Å². The Labute approximate surface area is 163 Å². The van der Waals surface area contributed by atoms with Crippen molar-refractivity contribution < 1.29 is 4.79 Å². The van der Waals surface area contributed by atoms with E-state index in [-0.39, 0.29) is 5.91 Å². The van der Waals surface area contributed by atoms with Crippen molar-refractivity contribution in [3.8, 4) is 0 Å². The number of rotatable bonds is 10. The zero-order valence-electron chi connectivity index (χ0n) is 17.5. The fourth-order valence-electron chi connectivity index (χ4n) is 3.69. The molecule has 1 aromatic heterocycles. The van der Waals surface area contributed by atoms with E-state index >= 15 is 0 Å². The molecular formula is C22H34N4O. The Morgan fingerprint density at radius 2 is 1.85 bits per heavy atom. The van der Waals surface area contributed by atoms with Crippen LogP contribution in [0.4, 0.5) is 0 Å². The molecule has 27 heavy (non-hydrogen) atoms. The number of carbonyl (C=O) groups is 1. The molecule has 1 N–H and O–H groups in total. The van der Waals surface area contributed by atoms with E-state index in [1.54, 1.807) is 0 Å². The normalized spacial score (nSPS) is 12.4. The average molecular weight is 371 g/mol. The fourth-order valence-corrected chi connectivity index (χ4v) is 3.69. The van der Waals surface area contributed by atoms with Crippen LogP contribution in [0.2, 0.25) is 0 Å². The minimum atomic E-state index is 0.114. The van der Waals surface area contributed by atoms with E-state index in [0.717, 1.165) is 37.3 Å². The molecule has 1 unspecified atom stereocenters. The maximum absolute atomic E-state index is 12.4. The second-order valence-electron chi connectivity index (χ2n) is 7.14. The largest absolute Gasteiger partial charge is 0.355 e. The van der Waals surface area contributed by atoms with Crippen molar-refractivity contribution >= 4 is 5.91 Å². The summed E-state index contributed by atoms with van der Waals surface area (Å²) in [6.45, 7) is 11.1. The van der Waals surface area contributed by atoms with Gasteiger partial charge < -0.3 is 5.32 Å². The third-order valence-electron chi connectivity index (χ3n) is 5.44. The summed E-state index contributed by atoms with van der Waals surface area (Å²) in [6, 6.07) is 10.8. The lowest BCUT2D eigenvalue weighted by molar-refractivity contribution is -0.121. The predicted octanol–water partition coefficient (Wildman–Crippen LogP) is 3.04. The molecule has 1 aromatic carbocycles. The number of benzene rings is 1. The number of hydrogen-bond donors (Lipinski definition) is 1. The highest BCUT2D eigenvalue weighted by atomic mass is 16.1. The summed E-state index contributed by atoms with van der Waals surface area (Å²) in [4.78, 5) is 14.9. The summed E-state index contributed by atoms with van der Waals surface area (Å²) in [7, 11) is 1.95. The molecular weight excluding hydrogens is 336 g/mol. The van der Waals surface area contributed by atoms with Gasteiger partial charge in [0.15, 0.2) is 0 Å². The van der Waals surface area contributed by atoms with Crippen LogP contribution < -0.4 is 5.32 Å². The molecule has 0 aliphatic carbocycles. The minimum absolute atomic E-state index is 0.114. The van der Waals surface area contributed by atoms with Crippen LogP contribution in [0.3, 0.4) is 0 Å². The molecule has 0 spiro atoms. The Bertz CT molecular complexity index is 719. The molecule has 1 atom stereocenters. The number of carbonyl (C=O) groups excluding carboxylic acids is 1. The molecule has 0 saturated carbocycles. The summed E-state index contributed by atoms with van der Waals surface area (Å²) in [5.41, 5.74) is 4.67. The summed E-state index contributed by atoms with van der Waals surface area (Å²) in [5.74, 6) is 0.114. The molecule has 0 radical (unpaired) electrons. The third kappa shape index (κ3) is 5.93. The van der Waals surface area contributed by atoms with Gasteiger partial charge in [-0.1, -0.05) is 44.2 Å². The van der Waals surface area contributed by atoms with Crippen molar-refractivity contribution in [3.63, 3.8) is 0 Å². The zero-order chi connectivity index (χ0) is 19.8. The molecule has 5 nitrogen and oxygen atoms in total. The van der Waals surface area contributed by atoms with Gasteiger partial charge in [0.1, 0.15) is 0 Å². The van der Waals surface area contributed by atoms with Gasteiger partial charge >= 0.3 is 0 Å². The Morgan fingerprint density at radius 1 is 1.19 bits per heavy atom. The molecule has 5 heteroatoms. The molecule has 2 aromatic rings. The predicted molar refractivity (Wildman–Crippen MR) is 111 cm³/mol. The molecule has 148 valence electrons. The van der Waals surface area contributed by atoms with Gasteiger partial charge in [0.25, 0.3) is 0 Å². The summed E-state index contributed by atoms with van der Waals surface area (Å²) >= 11 is 0.